The van der Waals surface area contributed by atoms with E-state index in [2.05, 4.69) is 6.58 Å². The summed E-state index contributed by atoms with van der Waals surface area (Å²) in [7, 11) is 3.79. The number of hydrogen-bond acceptors (Lipinski definition) is 8. The predicted molar refractivity (Wildman–Crippen MR) is 146 cm³/mol. The van der Waals surface area contributed by atoms with E-state index in [1.165, 1.54) is 0 Å². The van der Waals surface area contributed by atoms with Gasteiger partial charge in [0.25, 0.3) is 0 Å². The third-order valence-electron chi connectivity index (χ3n) is 9.99. The largest absolute Gasteiger partial charge is 0.458 e. The molecule has 8 nitrogen and oxygen atoms in total. The number of ether oxygens (including phenoxy) is 1. The number of allylic oxidation sites excluding steroid dienone is 1. The highest BCUT2D eigenvalue weighted by atomic mass is 16.5. The molecule has 2 fully saturated rings. The number of hydrogen-bond donors (Lipinski definition) is 4. The van der Waals surface area contributed by atoms with Gasteiger partial charge in [-0.2, -0.15) is 0 Å². The van der Waals surface area contributed by atoms with E-state index in [0.29, 0.717) is 24.0 Å². The monoisotopic (exact) mass is 541 g/mol. The lowest BCUT2D eigenvalue weighted by molar-refractivity contribution is -0.216. The van der Waals surface area contributed by atoms with Crippen molar-refractivity contribution in [3.8, 4) is 0 Å². The summed E-state index contributed by atoms with van der Waals surface area (Å²) in [4.78, 5) is 28.1. The minimum atomic E-state index is -1.93. The van der Waals surface area contributed by atoms with E-state index in [-0.39, 0.29) is 30.2 Å². The van der Waals surface area contributed by atoms with Crippen LogP contribution in [-0.2, 0) is 14.3 Å². The SMILES string of the molecule is C=C1C2[C@H](O)C3(O)CC(=O)C(C)=C([C@H](O)C(O)C2(C)CC[C@@H]1OC(=O)CC(c1ccccc1)N(C)C)C3(C)C. The van der Waals surface area contributed by atoms with Gasteiger partial charge in [-0.25, -0.2) is 0 Å². The molecule has 1 aromatic rings. The molecule has 0 aliphatic heterocycles. The molecule has 2 bridgehead atoms. The van der Waals surface area contributed by atoms with Gasteiger partial charge in [0.2, 0.25) is 0 Å². The molecular weight excluding hydrogens is 498 g/mol. The fourth-order valence-corrected chi connectivity index (χ4v) is 7.39. The molecule has 4 rings (SSSR count). The lowest BCUT2D eigenvalue weighted by Crippen LogP contribution is -2.69. The number of fused-ring (bicyclic) bond motifs is 3. The number of rotatable bonds is 5. The zero-order valence-corrected chi connectivity index (χ0v) is 23.8. The van der Waals surface area contributed by atoms with E-state index in [0.717, 1.165) is 5.56 Å². The van der Waals surface area contributed by atoms with E-state index >= 15 is 0 Å². The number of ketones is 1. The Morgan fingerprint density at radius 3 is 2.33 bits per heavy atom. The van der Waals surface area contributed by atoms with E-state index in [9.17, 15) is 30.0 Å². The van der Waals surface area contributed by atoms with Crippen molar-refractivity contribution in [2.45, 2.75) is 89.4 Å². The topological polar surface area (TPSA) is 128 Å². The first-order chi connectivity index (χ1) is 18.1. The first-order valence-corrected chi connectivity index (χ1v) is 13.7. The van der Waals surface area contributed by atoms with Crippen molar-refractivity contribution in [1.82, 2.24) is 4.90 Å². The van der Waals surface area contributed by atoms with Gasteiger partial charge in [-0.1, -0.05) is 57.7 Å². The molecule has 3 aliphatic rings. The van der Waals surface area contributed by atoms with E-state index in [1.54, 1.807) is 27.7 Å². The second kappa shape index (κ2) is 10.2. The molecule has 0 saturated heterocycles. The summed E-state index contributed by atoms with van der Waals surface area (Å²) < 4.78 is 5.93. The van der Waals surface area contributed by atoms with Gasteiger partial charge in [-0.15, -0.1) is 0 Å². The van der Waals surface area contributed by atoms with Crippen LogP contribution in [0.3, 0.4) is 0 Å². The molecule has 3 aliphatic carbocycles. The summed E-state index contributed by atoms with van der Waals surface area (Å²) in [5.74, 6) is -1.76. The summed E-state index contributed by atoms with van der Waals surface area (Å²) in [6.45, 7) is 10.9. The lowest BCUT2D eigenvalue weighted by atomic mass is 9.48. The summed E-state index contributed by atoms with van der Waals surface area (Å²) in [6, 6.07) is 9.46. The zero-order valence-electron chi connectivity index (χ0n) is 23.8. The fourth-order valence-electron chi connectivity index (χ4n) is 7.39. The molecule has 39 heavy (non-hydrogen) atoms. The van der Waals surface area contributed by atoms with Crippen molar-refractivity contribution < 1.29 is 34.8 Å². The average molecular weight is 542 g/mol. The summed E-state index contributed by atoms with van der Waals surface area (Å²) in [5, 5.41) is 46.8. The van der Waals surface area contributed by atoms with Gasteiger partial charge in [-0.05, 0) is 56.1 Å². The first kappa shape index (κ1) is 29.6. The Morgan fingerprint density at radius 2 is 1.74 bits per heavy atom. The lowest BCUT2D eigenvalue weighted by Gasteiger charge is -2.61. The van der Waals surface area contributed by atoms with Gasteiger partial charge in [-0.3, -0.25) is 9.59 Å². The van der Waals surface area contributed by atoms with Crippen LogP contribution < -0.4 is 0 Å². The molecular formula is C31H43NO7. The van der Waals surface area contributed by atoms with Crippen molar-refractivity contribution in [2.75, 3.05) is 14.1 Å². The number of aliphatic hydroxyl groups is 4. The summed E-state index contributed by atoms with van der Waals surface area (Å²) >= 11 is 0. The standard InChI is InChI=1S/C31H43NO7/c1-17-21(33)16-31(38)27(36)25-18(2)22(13-14-30(25,5)28(37)26(35)24(17)29(31,3)4)39-23(34)15-20(32(6)7)19-11-9-8-10-12-19/h8-12,20,22,25-28,35-38H,2,13-16H2,1,3-7H3/t20?,22-,25?,26-,27-,28?,30?,31?/m0/s1. The molecule has 1 aromatic carbocycles. The maximum atomic E-state index is 13.2. The molecule has 0 radical (unpaired) electrons. The molecule has 8 heteroatoms. The molecule has 8 atom stereocenters. The van der Waals surface area contributed by atoms with Gasteiger partial charge in [0, 0.05) is 29.2 Å². The Kier molecular flexibility index (Phi) is 7.77. The molecule has 214 valence electrons. The quantitative estimate of drug-likeness (QED) is 0.331. The second-order valence-electron chi connectivity index (χ2n) is 12.7. The maximum Gasteiger partial charge on any atom is 0.308 e. The van der Waals surface area contributed by atoms with Crippen LogP contribution >= 0.6 is 0 Å². The second-order valence-corrected chi connectivity index (χ2v) is 12.7. The molecule has 2 saturated carbocycles. The zero-order chi connectivity index (χ0) is 29.1. The normalized spacial score (nSPS) is 37.2. The molecule has 4 N–H and O–H groups in total. The first-order valence-electron chi connectivity index (χ1n) is 13.7. The van der Waals surface area contributed by atoms with E-state index in [1.807, 2.05) is 49.3 Å². The fraction of sp³-hybridized carbons (Fsp3) is 0.613. The minimum Gasteiger partial charge on any atom is -0.458 e. The Balaban J connectivity index is 1.66. The van der Waals surface area contributed by atoms with Gasteiger partial charge in [0.1, 0.15) is 17.8 Å². The van der Waals surface area contributed by atoms with Gasteiger partial charge < -0.3 is 30.1 Å². The van der Waals surface area contributed by atoms with Crippen molar-refractivity contribution in [3.63, 3.8) is 0 Å². The highest BCUT2D eigenvalue weighted by Crippen LogP contribution is 2.60. The third-order valence-corrected chi connectivity index (χ3v) is 9.99. The van der Waals surface area contributed by atoms with Crippen molar-refractivity contribution in [1.29, 1.82) is 0 Å². The van der Waals surface area contributed by atoms with Crippen LogP contribution in [0.25, 0.3) is 0 Å². The van der Waals surface area contributed by atoms with Crippen LogP contribution in [0.1, 0.15) is 65.0 Å². The van der Waals surface area contributed by atoms with Crippen LogP contribution in [-0.4, -0.2) is 81.2 Å². The number of benzene rings is 1. The van der Waals surface area contributed by atoms with Crippen LogP contribution in [0.5, 0.6) is 0 Å². The Labute approximate surface area is 231 Å². The highest BCUT2D eigenvalue weighted by molar-refractivity contribution is 5.98. The average Bonchev–Trinajstić information content (AvgIpc) is 2.87. The van der Waals surface area contributed by atoms with E-state index < -0.39 is 52.7 Å². The van der Waals surface area contributed by atoms with Gasteiger partial charge in [0.15, 0.2) is 5.78 Å². The van der Waals surface area contributed by atoms with Gasteiger partial charge in [0.05, 0.1) is 18.6 Å². The highest BCUT2D eigenvalue weighted by Gasteiger charge is 2.66. The van der Waals surface area contributed by atoms with Crippen LogP contribution in [0, 0.1) is 16.7 Å². The molecule has 5 unspecified atom stereocenters. The smallest absolute Gasteiger partial charge is 0.308 e. The van der Waals surface area contributed by atoms with E-state index in [4.69, 9.17) is 4.74 Å². The molecule has 0 aromatic heterocycles. The van der Waals surface area contributed by atoms with Crippen molar-refractivity contribution in [3.05, 3.63) is 59.2 Å². The van der Waals surface area contributed by atoms with Crippen LogP contribution in [0.2, 0.25) is 0 Å². The number of nitrogens with zero attached hydrogens (tertiary/aromatic N) is 1. The van der Waals surface area contributed by atoms with Crippen LogP contribution in [0.4, 0.5) is 0 Å². The van der Waals surface area contributed by atoms with Crippen molar-refractivity contribution in [2.24, 2.45) is 16.7 Å². The summed E-state index contributed by atoms with van der Waals surface area (Å²) in [5.41, 5.74) is -2.33. The molecule has 0 amide bonds. The Bertz CT molecular complexity index is 1170. The molecule has 0 heterocycles. The maximum absolute atomic E-state index is 13.2. The third kappa shape index (κ3) is 4.60. The predicted octanol–water partition coefficient (Wildman–Crippen LogP) is 2.71. The Hall–Kier alpha value is -2.36. The van der Waals surface area contributed by atoms with Gasteiger partial charge >= 0.3 is 5.97 Å². The Morgan fingerprint density at radius 1 is 1.13 bits per heavy atom. The molecule has 0 spiro atoms. The van der Waals surface area contributed by atoms with Crippen molar-refractivity contribution >= 4 is 11.8 Å². The number of carbonyl (C=O) groups is 2. The van der Waals surface area contributed by atoms with Crippen LogP contribution in [0.15, 0.2) is 53.6 Å². The minimum absolute atomic E-state index is 0.103. The number of esters is 1. The number of Topliss-reactive ketones (excluding diaryl/α,β-unsaturated/α-hetero) is 1. The summed E-state index contributed by atoms with van der Waals surface area (Å²) in [6.07, 6.45) is -4.61. The number of aliphatic hydroxyl groups excluding tert-OH is 3. The number of carbonyl (C=O) groups excluding carboxylic acids is 2.